The second-order valence-corrected chi connectivity index (χ2v) is 5.93. The van der Waals surface area contributed by atoms with E-state index in [0.717, 1.165) is 42.0 Å². The molecule has 0 unspecified atom stereocenters. The van der Waals surface area contributed by atoms with E-state index in [0.29, 0.717) is 13.2 Å². The maximum absolute atomic E-state index is 11.2. The molecule has 0 aliphatic heterocycles. The summed E-state index contributed by atoms with van der Waals surface area (Å²) in [5.74, 6) is 1.73. The van der Waals surface area contributed by atoms with Gasteiger partial charge >= 0.3 is 0 Å². The van der Waals surface area contributed by atoms with Crippen molar-refractivity contribution in [2.24, 2.45) is 0 Å². The summed E-state index contributed by atoms with van der Waals surface area (Å²) in [5.41, 5.74) is 2.09. The zero-order chi connectivity index (χ0) is 18.2. The lowest BCUT2D eigenvalue weighted by Gasteiger charge is -2.11. The van der Waals surface area contributed by atoms with Crippen LogP contribution in [0.5, 0.6) is 5.75 Å². The van der Waals surface area contributed by atoms with Crippen molar-refractivity contribution in [3.63, 3.8) is 0 Å². The molecule has 0 saturated carbocycles. The first-order chi connectivity index (χ1) is 12.8. The van der Waals surface area contributed by atoms with Crippen LogP contribution in [0.15, 0.2) is 67.3 Å². The number of nitrogens with zero attached hydrogens (tertiary/aromatic N) is 2. The third-order valence-corrected chi connectivity index (χ3v) is 4.12. The summed E-state index contributed by atoms with van der Waals surface area (Å²) in [7, 11) is 0. The number of rotatable bonds is 9. The van der Waals surface area contributed by atoms with E-state index in [9.17, 15) is 4.79 Å². The third-order valence-electron chi connectivity index (χ3n) is 4.12. The summed E-state index contributed by atoms with van der Waals surface area (Å²) >= 11 is 0. The van der Waals surface area contributed by atoms with Crippen LogP contribution in [0, 0.1) is 0 Å². The number of aromatic nitrogens is 2. The van der Waals surface area contributed by atoms with Gasteiger partial charge in [-0.15, -0.1) is 0 Å². The minimum atomic E-state index is -0.144. The SMILES string of the molecule is C=CC(=O)NCCCc1nc2ccccc2n1CCOc1ccccc1. The molecule has 1 amide bonds. The van der Waals surface area contributed by atoms with Crippen molar-refractivity contribution in [1.29, 1.82) is 0 Å². The molecule has 1 heterocycles. The molecule has 1 aromatic heterocycles. The normalized spacial score (nSPS) is 10.6. The minimum absolute atomic E-state index is 0.144. The summed E-state index contributed by atoms with van der Waals surface area (Å²) < 4.78 is 8.04. The fraction of sp³-hybridized carbons (Fsp3) is 0.238. The monoisotopic (exact) mass is 349 g/mol. The van der Waals surface area contributed by atoms with Crippen molar-refractivity contribution < 1.29 is 9.53 Å². The van der Waals surface area contributed by atoms with E-state index in [-0.39, 0.29) is 5.91 Å². The lowest BCUT2D eigenvalue weighted by Crippen LogP contribution is -2.22. The van der Waals surface area contributed by atoms with E-state index < -0.39 is 0 Å². The molecule has 5 nitrogen and oxygen atoms in total. The smallest absolute Gasteiger partial charge is 0.243 e. The Balaban J connectivity index is 1.66. The van der Waals surface area contributed by atoms with E-state index in [1.807, 2.05) is 48.5 Å². The van der Waals surface area contributed by atoms with E-state index >= 15 is 0 Å². The lowest BCUT2D eigenvalue weighted by molar-refractivity contribution is -0.116. The van der Waals surface area contributed by atoms with Crippen molar-refractivity contribution >= 4 is 16.9 Å². The zero-order valence-electron chi connectivity index (χ0n) is 14.7. The van der Waals surface area contributed by atoms with Gasteiger partial charge in [-0.25, -0.2) is 4.98 Å². The molecule has 0 aliphatic rings. The number of nitrogens with one attached hydrogen (secondary N) is 1. The quantitative estimate of drug-likeness (QED) is 0.476. The van der Waals surface area contributed by atoms with Crippen LogP contribution in [-0.4, -0.2) is 28.6 Å². The topological polar surface area (TPSA) is 56.2 Å². The van der Waals surface area contributed by atoms with E-state index in [1.54, 1.807) is 0 Å². The minimum Gasteiger partial charge on any atom is -0.492 e. The Morgan fingerprint density at radius 3 is 2.73 bits per heavy atom. The molecular weight excluding hydrogens is 326 g/mol. The molecule has 3 aromatic rings. The van der Waals surface area contributed by atoms with Gasteiger partial charge in [-0.1, -0.05) is 36.9 Å². The molecule has 2 aromatic carbocycles. The molecule has 26 heavy (non-hydrogen) atoms. The predicted molar refractivity (Wildman–Crippen MR) is 103 cm³/mol. The zero-order valence-corrected chi connectivity index (χ0v) is 14.7. The number of carbonyl (C=O) groups is 1. The number of hydrogen-bond donors (Lipinski definition) is 1. The molecule has 0 atom stereocenters. The highest BCUT2D eigenvalue weighted by Gasteiger charge is 2.10. The standard InChI is InChI=1S/C21H23N3O2/c1-2-21(25)22-14-8-13-20-23-18-11-6-7-12-19(18)24(20)15-16-26-17-9-4-3-5-10-17/h2-7,9-12H,1,8,13-16H2,(H,22,25). The summed E-state index contributed by atoms with van der Waals surface area (Å²) in [6.45, 7) is 5.36. The van der Waals surface area contributed by atoms with Crippen LogP contribution in [0.2, 0.25) is 0 Å². The molecule has 0 saturated heterocycles. The highest BCUT2D eigenvalue weighted by atomic mass is 16.5. The molecule has 0 aliphatic carbocycles. The first-order valence-electron chi connectivity index (χ1n) is 8.80. The highest BCUT2D eigenvalue weighted by molar-refractivity contribution is 5.86. The first kappa shape index (κ1) is 17.7. The van der Waals surface area contributed by atoms with Crippen molar-refractivity contribution in [1.82, 2.24) is 14.9 Å². The Morgan fingerprint density at radius 1 is 1.15 bits per heavy atom. The Bertz CT molecular complexity index is 871. The fourth-order valence-electron chi connectivity index (χ4n) is 2.87. The third kappa shape index (κ3) is 4.51. The molecule has 134 valence electrons. The molecule has 1 N–H and O–H groups in total. The van der Waals surface area contributed by atoms with Crippen LogP contribution in [0.3, 0.4) is 0 Å². The van der Waals surface area contributed by atoms with Crippen LogP contribution in [0.25, 0.3) is 11.0 Å². The molecule has 0 bridgehead atoms. The average Bonchev–Trinajstić information content (AvgIpc) is 3.03. The van der Waals surface area contributed by atoms with Crippen LogP contribution >= 0.6 is 0 Å². The van der Waals surface area contributed by atoms with Crippen LogP contribution in [-0.2, 0) is 17.8 Å². The van der Waals surface area contributed by atoms with E-state index in [1.165, 1.54) is 6.08 Å². The van der Waals surface area contributed by atoms with Gasteiger partial charge in [0.15, 0.2) is 0 Å². The Morgan fingerprint density at radius 2 is 1.92 bits per heavy atom. The van der Waals surface area contributed by atoms with Gasteiger partial charge in [0.2, 0.25) is 5.91 Å². The summed E-state index contributed by atoms with van der Waals surface area (Å²) in [6.07, 6.45) is 2.90. The number of ether oxygens (including phenoxy) is 1. The predicted octanol–water partition coefficient (Wildman–Crippen LogP) is 3.35. The van der Waals surface area contributed by atoms with Gasteiger partial charge in [0.05, 0.1) is 17.6 Å². The van der Waals surface area contributed by atoms with Gasteiger partial charge in [0, 0.05) is 13.0 Å². The van der Waals surface area contributed by atoms with Crippen LogP contribution in [0.4, 0.5) is 0 Å². The van der Waals surface area contributed by atoms with Gasteiger partial charge < -0.3 is 14.6 Å². The largest absolute Gasteiger partial charge is 0.492 e. The number of para-hydroxylation sites is 3. The summed E-state index contributed by atoms with van der Waals surface area (Å²) in [5, 5.41) is 2.80. The van der Waals surface area contributed by atoms with Crippen molar-refractivity contribution in [2.75, 3.05) is 13.2 Å². The van der Waals surface area contributed by atoms with Gasteiger partial charge in [-0.3, -0.25) is 4.79 Å². The van der Waals surface area contributed by atoms with Crippen molar-refractivity contribution in [2.45, 2.75) is 19.4 Å². The molecule has 0 radical (unpaired) electrons. The van der Waals surface area contributed by atoms with Gasteiger partial charge in [-0.05, 0) is 36.8 Å². The maximum atomic E-state index is 11.2. The van der Waals surface area contributed by atoms with Gasteiger partial charge in [-0.2, -0.15) is 0 Å². The second-order valence-electron chi connectivity index (χ2n) is 5.93. The van der Waals surface area contributed by atoms with E-state index in [4.69, 9.17) is 9.72 Å². The van der Waals surface area contributed by atoms with Crippen molar-refractivity contribution in [3.8, 4) is 5.75 Å². The van der Waals surface area contributed by atoms with Crippen LogP contribution in [0.1, 0.15) is 12.2 Å². The Hall–Kier alpha value is -3.08. The molecule has 3 rings (SSSR count). The molecule has 0 spiro atoms. The molecular formula is C21H23N3O2. The van der Waals surface area contributed by atoms with Crippen molar-refractivity contribution in [3.05, 3.63) is 73.1 Å². The molecule has 0 fully saturated rings. The number of amides is 1. The average molecular weight is 349 g/mol. The van der Waals surface area contributed by atoms with E-state index in [2.05, 4.69) is 22.5 Å². The summed E-state index contributed by atoms with van der Waals surface area (Å²) in [6, 6.07) is 17.9. The second kappa shape index (κ2) is 8.85. The number of fused-ring (bicyclic) bond motifs is 1. The number of carbonyl (C=O) groups excluding carboxylic acids is 1. The number of benzene rings is 2. The Kier molecular flexibility index (Phi) is 6.04. The van der Waals surface area contributed by atoms with Crippen LogP contribution < -0.4 is 10.1 Å². The highest BCUT2D eigenvalue weighted by Crippen LogP contribution is 2.17. The number of hydrogen-bond acceptors (Lipinski definition) is 3. The Labute approximate surface area is 153 Å². The number of aryl methyl sites for hydroxylation is 1. The lowest BCUT2D eigenvalue weighted by atomic mass is 10.3. The van der Waals surface area contributed by atoms with Gasteiger partial charge in [0.1, 0.15) is 18.2 Å². The fourth-order valence-corrected chi connectivity index (χ4v) is 2.87. The first-order valence-corrected chi connectivity index (χ1v) is 8.80. The number of imidazole rings is 1. The molecule has 5 heteroatoms. The summed E-state index contributed by atoms with van der Waals surface area (Å²) in [4.78, 5) is 16.0. The maximum Gasteiger partial charge on any atom is 0.243 e. The van der Waals surface area contributed by atoms with Gasteiger partial charge in [0.25, 0.3) is 0 Å².